The first kappa shape index (κ1) is 30.1. The van der Waals surface area contributed by atoms with Gasteiger partial charge in [-0.25, -0.2) is 9.37 Å². The van der Waals surface area contributed by atoms with Crippen LogP contribution in [0.3, 0.4) is 0 Å². The van der Waals surface area contributed by atoms with Crippen molar-refractivity contribution in [1.82, 2.24) is 15.0 Å². The number of aromatic nitrogens is 3. The molecule has 0 spiro atoms. The zero-order valence-corrected chi connectivity index (χ0v) is 30.5. The molecule has 0 aliphatic heterocycles. The maximum Gasteiger partial charge on any atom is 0.216 e. The molecule has 0 aliphatic carbocycles. The van der Waals surface area contributed by atoms with Gasteiger partial charge in [0, 0.05) is 42.0 Å². The van der Waals surface area contributed by atoms with Crippen LogP contribution in [0.5, 0.6) is 0 Å². The molecular weight excluding hydrogens is 778 g/mol. The number of hydrogen-bond donors (Lipinski definition) is 0. The Hall–Kier alpha value is -4.29. The van der Waals surface area contributed by atoms with E-state index in [9.17, 15) is 4.39 Å². The molecule has 7 heteroatoms. The monoisotopic (exact) mass is 817 g/mol. The third-order valence-electron chi connectivity index (χ3n) is 7.96. The van der Waals surface area contributed by atoms with Gasteiger partial charge in [-0.2, -0.15) is 0 Å². The quantitative estimate of drug-likeness (QED) is 0.131. The van der Waals surface area contributed by atoms with Gasteiger partial charge in [-0.3, -0.25) is 0 Å². The third-order valence-corrected chi connectivity index (χ3v) is 9.98. The molecule has 4 aromatic heterocycles. The summed E-state index contributed by atoms with van der Waals surface area (Å²) >= 11 is 0. The molecule has 0 N–H and O–H groups in total. The van der Waals surface area contributed by atoms with E-state index in [1.807, 2.05) is 30.5 Å². The van der Waals surface area contributed by atoms with Crippen LogP contribution in [0.15, 0.2) is 95.8 Å². The minimum absolute atomic E-state index is 0. The van der Waals surface area contributed by atoms with Gasteiger partial charge >= 0.3 is 0 Å². The zero-order chi connectivity index (χ0) is 35.1. The molecule has 3 aromatic carbocycles. The van der Waals surface area contributed by atoms with Gasteiger partial charge < -0.3 is 14.4 Å². The summed E-state index contributed by atoms with van der Waals surface area (Å²) in [5.74, 6) is -0.389. The molecule has 1 radical (unpaired) electrons. The van der Waals surface area contributed by atoms with Crippen molar-refractivity contribution in [2.45, 2.75) is 47.3 Å². The minimum Gasteiger partial charge on any atom is -0.486 e. The molecule has 7 rings (SSSR count). The summed E-state index contributed by atoms with van der Waals surface area (Å²) in [6.07, 6.45) is 4.89. The fourth-order valence-corrected chi connectivity index (χ4v) is 6.76. The van der Waals surface area contributed by atoms with Gasteiger partial charge in [-0.1, -0.05) is 73.3 Å². The van der Waals surface area contributed by atoms with Gasteiger partial charge in [-0.05, 0) is 71.7 Å². The standard InChI is InChI=1S/C25H18FN2O.C15H18NSi.Ir/c1-14-9-15(2)23(16(3)10-14)17-7-8-27-22(11-17)20-6-4-5-19-21-12-18(26)13-28-25(21)29-24(19)20;1-12-5-7-13(8-6-12)15-10-9-14(11-16-15)17(2,3)4;/h4-5,7-13H,1-3H3;5-7,9-11H,1-4H3;/q2*-1;/i;1D3;. The molecule has 0 saturated carbocycles. The first-order chi connectivity index (χ1) is 23.2. The zero-order valence-electron chi connectivity index (χ0n) is 30.1. The molecule has 7 aromatic rings. The van der Waals surface area contributed by atoms with Gasteiger partial charge in [0.15, 0.2) is 0 Å². The molecule has 0 bridgehead atoms. The smallest absolute Gasteiger partial charge is 0.216 e. The number of halogens is 1. The molecule has 0 unspecified atom stereocenters. The fourth-order valence-electron chi connectivity index (χ4n) is 5.73. The number of pyridine rings is 3. The Morgan fingerprint density at radius 2 is 1.57 bits per heavy atom. The summed E-state index contributed by atoms with van der Waals surface area (Å²) < 4.78 is 41.7. The Balaban J connectivity index is 0.000000204. The second-order valence-electron chi connectivity index (χ2n) is 12.6. The largest absolute Gasteiger partial charge is 0.486 e. The Morgan fingerprint density at radius 1 is 0.787 bits per heavy atom. The molecule has 239 valence electrons. The summed E-state index contributed by atoms with van der Waals surface area (Å²) in [6, 6.07) is 28.8. The summed E-state index contributed by atoms with van der Waals surface area (Å²) in [4.78, 5) is 13.1. The second-order valence-corrected chi connectivity index (χ2v) is 17.7. The van der Waals surface area contributed by atoms with E-state index in [0.29, 0.717) is 22.2 Å². The van der Waals surface area contributed by atoms with E-state index in [1.54, 1.807) is 18.3 Å². The van der Waals surface area contributed by atoms with Crippen molar-refractivity contribution in [2.24, 2.45) is 0 Å². The van der Waals surface area contributed by atoms with Gasteiger partial charge in [-0.15, -0.1) is 53.6 Å². The van der Waals surface area contributed by atoms with E-state index in [-0.39, 0.29) is 25.9 Å². The van der Waals surface area contributed by atoms with E-state index >= 15 is 0 Å². The van der Waals surface area contributed by atoms with Gasteiger partial charge in [0.1, 0.15) is 5.82 Å². The Labute approximate surface area is 294 Å². The van der Waals surface area contributed by atoms with E-state index in [2.05, 4.69) is 91.8 Å². The van der Waals surface area contributed by atoms with E-state index < -0.39 is 14.9 Å². The summed E-state index contributed by atoms with van der Waals surface area (Å²) in [7, 11) is -1.34. The van der Waals surface area contributed by atoms with Crippen LogP contribution in [0, 0.1) is 45.6 Å². The molecular formula is C40H36FIrN3OSi-2. The number of nitrogens with zero attached hydrogens (tertiary/aromatic N) is 3. The average Bonchev–Trinajstić information content (AvgIpc) is 3.42. The first-order valence-electron chi connectivity index (χ1n) is 16.6. The second kappa shape index (κ2) is 13.8. The van der Waals surface area contributed by atoms with Crippen molar-refractivity contribution >= 4 is 35.3 Å². The van der Waals surface area contributed by atoms with Gasteiger partial charge in [0.05, 0.1) is 19.9 Å². The van der Waals surface area contributed by atoms with Crippen molar-refractivity contribution in [1.29, 1.82) is 0 Å². The topological polar surface area (TPSA) is 51.8 Å². The molecule has 0 saturated heterocycles. The van der Waals surface area contributed by atoms with Crippen LogP contribution < -0.4 is 5.19 Å². The molecule has 0 aliphatic rings. The normalized spacial score (nSPS) is 12.4. The Morgan fingerprint density at radius 3 is 2.23 bits per heavy atom. The summed E-state index contributed by atoms with van der Waals surface area (Å²) in [5.41, 5.74) is 10.5. The fraction of sp³-hybridized carbons (Fsp3) is 0.175. The molecule has 4 heterocycles. The number of furan rings is 1. The van der Waals surface area contributed by atoms with Gasteiger partial charge in [0.2, 0.25) is 5.71 Å². The van der Waals surface area contributed by atoms with Crippen molar-refractivity contribution in [2.75, 3.05) is 0 Å². The first-order valence-corrected chi connectivity index (χ1v) is 18.6. The Bertz CT molecular complexity index is 2220. The summed E-state index contributed by atoms with van der Waals surface area (Å²) in [6.45, 7) is 11.1. The number of hydrogen-bond acceptors (Lipinski definition) is 4. The molecule has 4 nitrogen and oxygen atoms in total. The number of aryl methyl sites for hydroxylation is 4. The number of benzene rings is 3. The van der Waals surface area contributed by atoms with E-state index in [1.165, 1.54) is 39.6 Å². The van der Waals surface area contributed by atoms with Crippen molar-refractivity contribution < 1.29 is 33.0 Å². The van der Waals surface area contributed by atoms with Crippen LogP contribution in [-0.2, 0) is 20.1 Å². The Kier molecular flexibility index (Phi) is 8.84. The van der Waals surface area contributed by atoms with Crippen molar-refractivity contribution in [3.05, 3.63) is 132 Å². The van der Waals surface area contributed by atoms with Crippen LogP contribution in [-0.4, -0.2) is 23.0 Å². The predicted molar refractivity (Wildman–Crippen MR) is 189 cm³/mol. The van der Waals surface area contributed by atoms with E-state index in [0.717, 1.165) is 39.7 Å². The molecule has 0 fully saturated rings. The predicted octanol–water partition coefficient (Wildman–Crippen LogP) is 9.97. The average molecular weight is 817 g/mol. The number of fused-ring (bicyclic) bond motifs is 3. The van der Waals surface area contributed by atoms with Crippen LogP contribution >= 0.6 is 0 Å². The maximum atomic E-state index is 13.7. The van der Waals surface area contributed by atoms with Crippen LogP contribution in [0.4, 0.5) is 4.39 Å². The maximum absolute atomic E-state index is 13.7. The van der Waals surface area contributed by atoms with Crippen LogP contribution in [0.1, 0.15) is 26.4 Å². The van der Waals surface area contributed by atoms with E-state index in [4.69, 9.17) is 8.53 Å². The van der Waals surface area contributed by atoms with Crippen LogP contribution in [0.2, 0.25) is 19.6 Å². The van der Waals surface area contributed by atoms with Crippen molar-refractivity contribution in [3.63, 3.8) is 0 Å². The van der Waals surface area contributed by atoms with Crippen LogP contribution in [0.25, 0.3) is 55.7 Å². The molecule has 0 amide bonds. The minimum atomic E-state index is -2.08. The van der Waals surface area contributed by atoms with Crippen molar-refractivity contribution in [3.8, 4) is 33.6 Å². The number of rotatable bonds is 4. The molecule has 0 atom stereocenters. The van der Waals surface area contributed by atoms with Gasteiger partial charge in [0.25, 0.3) is 0 Å². The molecule has 47 heavy (non-hydrogen) atoms. The third kappa shape index (κ3) is 7.33. The SMILES string of the molecule is Cc1cc(C)c(-c2ccnc(-c3[c-]ccc4c3oc3ncc(F)cc34)c2)c(C)c1.[2H]C([2H])([2H])c1c[c-]c(-c2ccc([Si](C)(C)C)cn2)cc1.[Ir]. The summed E-state index contributed by atoms with van der Waals surface area (Å²) in [5, 5.41) is 2.76.